The van der Waals surface area contributed by atoms with Gasteiger partial charge >= 0.3 is 0 Å². The summed E-state index contributed by atoms with van der Waals surface area (Å²) in [7, 11) is 0. The first-order valence-corrected chi connectivity index (χ1v) is 25.6. The summed E-state index contributed by atoms with van der Waals surface area (Å²) in [6.45, 7) is 8.93. The van der Waals surface area contributed by atoms with Crippen molar-refractivity contribution in [1.29, 1.82) is 0 Å². The van der Waals surface area contributed by atoms with Crippen LogP contribution in [0.5, 0.6) is 0 Å². The molecule has 0 aliphatic heterocycles. The largest absolute Gasteiger partial charge is 0.456 e. The Morgan fingerprint density at radius 1 is 0.257 bits per heavy atom. The molecule has 0 atom stereocenters. The molecule has 0 bridgehead atoms. The molecule has 0 amide bonds. The molecule has 0 aliphatic rings. The fourth-order valence-electron chi connectivity index (χ4n) is 11.5. The van der Waals surface area contributed by atoms with Crippen molar-refractivity contribution >= 4 is 143 Å². The average molecular weight is 957 g/mol. The van der Waals surface area contributed by atoms with Crippen LogP contribution in [0.1, 0.15) is 50.7 Å². The predicted molar refractivity (Wildman–Crippen MR) is 308 cm³/mol. The molecule has 15 aromatic rings. The molecule has 0 aliphatic carbocycles. The fourth-order valence-corrected chi connectivity index (χ4v) is 11.5. The highest BCUT2D eigenvalue weighted by atomic mass is 16.4. The number of fused-ring (bicyclic) bond motifs is 17. The van der Waals surface area contributed by atoms with Crippen LogP contribution in [0, 0.1) is 0 Å². The monoisotopic (exact) mass is 956 g/mol. The minimum atomic E-state index is 0.430. The van der Waals surface area contributed by atoms with E-state index < -0.39 is 0 Å². The van der Waals surface area contributed by atoms with Gasteiger partial charge in [0.05, 0.1) is 0 Å². The number of hydrogen-bond donors (Lipinski definition) is 0. The zero-order chi connectivity index (χ0) is 49.3. The van der Waals surface area contributed by atoms with E-state index in [0.29, 0.717) is 11.8 Å². The quantitative estimate of drug-likeness (QED) is 0.151. The maximum atomic E-state index is 7.00. The highest BCUT2D eigenvalue weighted by molar-refractivity contribution is 6.24. The van der Waals surface area contributed by atoms with Gasteiger partial charge in [-0.15, -0.1) is 0 Å². The van der Waals surface area contributed by atoms with E-state index in [1.807, 2.05) is 24.3 Å². The highest BCUT2D eigenvalue weighted by Crippen LogP contribution is 2.46. The van der Waals surface area contributed by atoms with Crippen LogP contribution < -0.4 is 9.80 Å². The Morgan fingerprint density at radius 2 is 0.595 bits per heavy atom. The lowest BCUT2D eigenvalue weighted by Gasteiger charge is -2.26. The minimum Gasteiger partial charge on any atom is -0.456 e. The van der Waals surface area contributed by atoms with Crippen molar-refractivity contribution in [3.8, 4) is 0 Å². The third kappa shape index (κ3) is 6.51. The third-order valence-electron chi connectivity index (χ3n) is 15.4. The number of benzene rings is 11. The second-order valence-electron chi connectivity index (χ2n) is 20.4. The molecule has 15 rings (SSSR count). The van der Waals surface area contributed by atoms with Gasteiger partial charge in [0.25, 0.3) is 0 Å². The van der Waals surface area contributed by atoms with Crippen LogP contribution in [0.2, 0.25) is 0 Å². The Labute approximate surface area is 425 Å². The molecule has 6 nitrogen and oxygen atoms in total. The number of para-hydroxylation sites is 2. The van der Waals surface area contributed by atoms with Crippen LogP contribution in [0.3, 0.4) is 0 Å². The Bertz CT molecular complexity index is 4440. The van der Waals surface area contributed by atoms with Crippen LogP contribution in [-0.2, 0) is 0 Å². The Balaban J connectivity index is 0.842. The summed E-state index contributed by atoms with van der Waals surface area (Å²) >= 11 is 0. The lowest BCUT2D eigenvalue weighted by molar-refractivity contribution is 0.637. The molecule has 4 aromatic heterocycles. The molecule has 4 heterocycles. The number of furan rings is 4. The zero-order valence-corrected chi connectivity index (χ0v) is 41.3. The fraction of sp³-hybridized carbons (Fsp3) is 0.0882. The first kappa shape index (κ1) is 42.4. The highest BCUT2D eigenvalue weighted by Gasteiger charge is 2.23. The van der Waals surface area contributed by atoms with Gasteiger partial charge in [0, 0.05) is 88.0 Å². The lowest BCUT2D eigenvalue weighted by Crippen LogP contribution is -2.10. The van der Waals surface area contributed by atoms with Crippen molar-refractivity contribution in [3.05, 3.63) is 217 Å². The summed E-state index contributed by atoms with van der Waals surface area (Å²) in [6.07, 6.45) is 0. The molecular weight excluding hydrogens is 909 g/mol. The topological polar surface area (TPSA) is 59.0 Å². The van der Waals surface area contributed by atoms with Crippen LogP contribution in [0.4, 0.5) is 34.1 Å². The van der Waals surface area contributed by atoms with E-state index in [1.165, 1.54) is 11.1 Å². The van der Waals surface area contributed by atoms with Crippen LogP contribution in [0.15, 0.2) is 224 Å². The normalized spacial score (nSPS) is 12.3. The molecule has 354 valence electrons. The Morgan fingerprint density at radius 3 is 1.03 bits per heavy atom. The van der Waals surface area contributed by atoms with Gasteiger partial charge in [-0.2, -0.15) is 0 Å². The van der Waals surface area contributed by atoms with Gasteiger partial charge in [-0.3, -0.25) is 0 Å². The van der Waals surface area contributed by atoms with Gasteiger partial charge in [-0.25, -0.2) is 0 Å². The second-order valence-corrected chi connectivity index (χ2v) is 20.4. The van der Waals surface area contributed by atoms with Crippen molar-refractivity contribution in [2.45, 2.75) is 39.5 Å². The second kappa shape index (κ2) is 16.1. The maximum Gasteiger partial charge on any atom is 0.178 e. The molecule has 0 saturated carbocycles. The molecule has 0 unspecified atom stereocenters. The van der Waals surface area contributed by atoms with Crippen molar-refractivity contribution in [1.82, 2.24) is 0 Å². The number of hydrogen-bond acceptors (Lipinski definition) is 6. The summed E-state index contributed by atoms with van der Waals surface area (Å²) in [5.74, 6) is 0.860. The molecule has 0 fully saturated rings. The van der Waals surface area contributed by atoms with Crippen LogP contribution >= 0.6 is 0 Å². The van der Waals surface area contributed by atoms with Crippen molar-refractivity contribution < 1.29 is 17.7 Å². The summed E-state index contributed by atoms with van der Waals surface area (Å²) in [4.78, 5) is 4.67. The van der Waals surface area contributed by atoms with Gasteiger partial charge in [-0.05, 0) is 167 Å². The van der Waals surface area contributed by atoms with E-state index in [2.05, 4.69) is 219 Å². The van der Waals surface area contributed by atoms with Gasteiger partial charge in [0.1, 0.15) is 33.5 Å². The van der Waals surface area contributed by atoms with Crippen molar-refractivity contribution in [2.24, 2.45) is 0 Å². The average Bonchev–Trinajstić information content (AvgIpc) is 4.21. The smallest absolute Gasteiger partial charge is 0.178 e. The van der Waals surface area contributed by atoms with Gasteiger partial charge in [0.2, 0.25) is 0 Å². The zero-order valence-electron chi connectivity index (χ0n) is 41.3. The molecule has 0 N–H and O–H groups in total. The van der Waals surface area contributed by atoms with E-state index >= 15 is 0 Å². The van der Waals surface area contributed by atoms with E-state index in [4.69, 9.17) is 17.7 Å². The summed E-state index contributed by atoms with van der Waals surface area (Å²) < 4.78 is 26.5. The van der Waals surface area contributed by atoms with E-state index in [0.717, 1.165) is 143 Å². The summed E-state index contributed by atoms with van der Waals surface area (Å²) in [6, 6.07) is 73.9. The third-order valence-corrected chi connectivity index (χ3v) is 15.4. The van der Waals surface area contributed by atoms with E-state index in [-0.39, 0.29) is 0 Å². The molecule has 74 heavy (non-hydrogen) atoms. The van der Waals surface area contributed by atoms with Crippen LogP contribution in [-0.4, -0.2) is 0 Å². The van der Waals surface area contributed by atoms with Crippen molar-refractivity contribution in [3.63, 3.8) is 0 Å². The number of anilines is 6. The summed E-state index contributed by atoms with van der Waals surface area (Å²) in [5.41, 5.74) is 15.7. The van der Waals surface area contributed by atoms with Crippen molar-refractivity contribution in [2.75, 3.05) is 9.80 Å². The van der Waals surface area contributed by atoms with Crippen LogP contribution in [0.25, 0.3) is 109 Å². The summed E-state index contributed by atoms with van der Waals surface area (Å²) in [5, 5.41) is 12.8. The molecule has 6 heteroatoms. The first-order chi connectivity index (χ1) is 36.3. The number of rotatable bonds is 8. The predicted octanol–water partition coefficient (Wildman–Crippen LogP) is 20.8. The first-order valence-electron chi connectivity index (χ1n) is 25.6. The van der Waals surface area contributed by atoms with Gasteiger partial charge in [-0.1, -0.05) is 100 Å². The Hall–Kier alpha value is -9.26. The van der Waals surface area contributed by atoms with E-state index in [1.54, 1.807) is 0 Å². The lowest BCUT2D eigenvalue weighted by atomic mass is 10.0. The molecule has 0 saturated heterocycles. The van der Waals surface area contributed by atoms with E-state index in [9.17, 15) is 0 Å². The Kier molecular flexibility index (Phi) is 9.24. The van der Waals surface area contributed by atoms with Gasteiger partial charge < -0.3 is 27.5 Å². The minimum absolute atomic E-state index is 0.430. The standard InChI is InChI=1S/C68H48N2O4/c1-39(2)41-13-19-45(20-14-41)69(49-25-33-63-59(37-49)53-9-5-7-11-61(53)71-63)47-23-29-51-43(35-47)17-27-55-57-31-32-58-56-28-18-44-36-48(24-30-52(44)66(56)74-68(58)67(57)73-65(51)55)70(46-21-15-42(16-22-46)40(3)4)50-26-34-64-60(38-50)54-10-6-8-12-62(54)72-64/h5-40H,1-4H3. The molecule has 0 radical (unpaired) electrons. The maximum absolute atomic E-state index is 7.00. The number of nitrogens with zero attached hydrogens (tertiary/aromatic N) is 2. The molecule has 0 spiro atoms. The SMILES string of the molecule is CC(C)c1ccc(N(c2ccc3c(ccc4c5ccc6c7ccc8cc(N(c9ccc(C(C)C)cc9)c9ccc%10oc%11ccccc%11c%10c9)ccc8c7oc6c5oc34)c2)c2ccc3oc4ccccc4c3c2)cc1. The molecular formula is C68H48N2O4. The molecule has 11 aromatic carbocycles. The van der Waals surface area contributed by atoms with Gasteiger partial charge in [0.15, 0.2) is 11.2 Å².